The van der Waals surface area contributed by atoms with E-state index in [0.29, 0.717) is 19.5 Å². The van der Waals surface area contributed by atoms with Gasteiger partial charge in [-0.3, -0.25) is 4.79 Å². The fourth-order valence-electron chi connectivity index (χ4n) is 3.30. The zero-order valence-corrected chi connectivity index (χ0v) is 14.3. The molecule has 0 radical (unpaired) electrons. The first-order valence-electron chi connectivity index (χ1n) is 8.47. The van der Waals surface area contributed by atoms with E-state index in [9.17, 15) is 9.59 Å². The number of methoxy groups -OCH3 is 1. The van der Waals surface area contributed by atoms with Crippen molar-refractivity contribution >= 4 is 11.9 Å². The number of quaternary nitrogens is 1. The second kappa shape index (κ2) is 7.94. The summed E-state index contributed by atoms with van der Waals surface area (Å²) in [4.78, 5) is 25.5. The summed E-state index contributed by atoms with van der Waals surface area (Å²) < 4.78 is 4.95. The van der Waals surface area contributed by atoms with Crippen molar-refractivity contribution in [2.24, 2.45) is 0 Å². The van der Waals surface area contributed by atoms with Crippen LogP contribution in [0.2, 0.25) is 0 Å². The van der Waals surface area contributed by atoms with Gasteiger partial charge in [0.05, 0.1) is 7.11 Å². The van der Waals surface area contributed by atoms with Crippen LogP contribution in [0.1, 0.15) is 16.7 Å². The summed E-state index contributed by atoms with van der Waals surface area (Å²) in [6, 6.07) is 17.5. The molecule has 0 saturated carbocycles. The molecule has 2 aromatic carbocycles. The number of carbonyl (C=O) groups excluding carboxylic acids is 2. The lowest BCUT2D eigenvalue weighted by Gasteiger charge is -2.31. The van der Waals surface area contributed by atoms with Crippen molar-refractivity contribution in [3.05, 3.63) is 71.3 Å². The first-order valence-corrected chi connectivity index (χ1v) is 8.47. The van der Waals surface area contributed by atoms with Gasteiger partial charge in [0.2, 0.25) is 0 Å². The molecule has 1 aliphatic heterocycles. The number of fused-ring (bicyclic) bond motifs is 1. The Morgan fingerprint density at radius 1 is 1.08 bits per heavy atom. The first kappa shape index (κ1) is 17.2. The predicted molar refractivity (Wildman–Crippen MR) is 93.8 cm³/mol. The molecule has 5 heteroatoms. The molecule has 2 atom stereocenters. The Balaban J connectivity index is 1.66. The minimum atomic E-state index is -0.345. The van der Waals surface area contributed by atoms with Crippen LogP contribution >= 0.6 is 0 Å². The van der Waals surface area contributed by atoms with Crippen LogP contribution in [-0.4, -0.2) is 31.6 Å². The fraction of sp³-hybridized carbons (Fsp3) is 0.300. The van der Waals surface area contributed by atoms with Gasteiger partial charge in [-0.25, -0.2) is 4.79 Å². The van der Waals surface area contributed by atoms with Gasteiger partial charge < -0.3 is 15.0 Å². The molecule has 130 valence electrons. The minimum absolute atomic E-state index is 0.0628. The van der Waals surface area contributed by atoms with Crippen LogP contribution in [-0.2, 0) is 33.8 Å². The number of ether oxygens (including phenoxy) is 1. The number of rotatable bonds is 5. The highest BCUT2D eigenvalue weighted by Crippen LogP contribution is 2.14. The maximum atomic E-state index is 12.4. The smallest absolute Gasteiger partial charge is 0.365 e. The lowest BCUT2D eigenvalue weighted by molar-refractivity contribution is -0.924. The molecule has 0 aromatic heterocycles. The molecule has 1 amide bonds. The zero-order valence-electron chi connectivity index (χ0n) is 14.3. The number of hydrogen-bond acceptors (Lipinski definition) is 3. The van der Waals surface area contributed by atoms with E-state index < -0.39 is 0 Å². The molecule has 0 aliphatic carbocycles. The lowest BCUT2D eigenvalue weighted by Crippen LogP contribution is -3.17. The molecule has 5 nitrogen and oxygen atoms in total. The lowest BCUT2D eigenvalue weighted by atomic mass is 9.94. The van der Waals surface area contributed by atoms with Crippen LogP contribution in [0.15, 0.2) is 54.6 Å². The van der Waals surface area contributed by atoms with Crippen LogP contribution in [0.25, 0.3) is 0 Å². The van der Waals surface area contributed by atoms with Gasteiger partial charge in [-0.1, -0.05) is 54.6 Å². The summed E-state index contributed by atoms with van der Waals surface area (Å²) in [5, 5.41) is 2.94. The Morgan fingerprint density at radius 3 is 2.48 bits per heavy atom. The number of hydrogen-bond donors (Lipinski definition) is 2. The van der Waals surface area contributed by atoms with E-state index in [4.69, 9.17) is 4.74 Å². The topological polar surface area (TPSA) is 59.8 Å². The van der Waals surface area contributed by atoms with Crippen molar-refractivity contribution in [3.63, 3.8) is 0 Å². The average Bonchev–Trinajstić information content (AvgIpc) is 2.66. The van der Waals surface area contributed by atoms with Crippen molar-refractivity contribution in [1.29, 1.82) is 0 Å². The third-order valence-corrected chi connectivity index (χ3v) is 4.66. The monoisotopic (exact) mass is 339 g/mol. The van der Waals surface area contributed by atoms with E-state index in [1.165, 1.54) is 12.7 Å². The highest BCUT2D eigenvalue weighted by Gasteiger charge is 2.36. The molecule has 1 unspecified atom stereocenters. The summed E-state index contributed by atoms with van der Waals surface area (Å²) >= 11 is 0. The molecule has 0 saturated heterocycles. The second-order valence-corrected chi connectivity index (χ2v) is 6.32. The van der Waals surface area contributed by atoms with Crippen LogP contribution in [0, 0.1) is 0 Å². The molecule has 0 spiro atoms. The molecule has 2 aromatic rings. The van der Waals surface area contributed by atoms with Gasteiger partial charge in [-0.15, -0.1) is 0 Å². The molecule has 1 aliphatic rings. The van der Waals surface area contributed by atoms with Crippen LogP contribution in [0.5, 0.6) is 0 Å². The average molecular weight is 339 g/mol. The number of amides is 1. The molecular weight excluding hydrogens is 316 g/mol. The van der Waals surface area contributed by atoms with Gasteiger partial charge in [0.15, 0.2) is 12.6 Å². The van der Waals surface area contributed by atoms with Crippen LogP contribution < -0.4 is 10.2 Å². The molecular formula is C20H23N2O3+. The second-order valence-electron chi connectivity index (χ2n) is 6.32. The summed E-state index contributed by atoms with van der Waals surface area (Å²) in [7, 11) is 1.40. The number of esters is 1. The van der Waals surface area contributed by atoms with Gasteiger partial charge in [-0.05, 0) is 11.1 Å². The largest absolute Gasteiger partial charge is 0.465 e. The molecule has 2 N–H and O–H groups in total. The van der Waals surface area contributed by atoms with E-state index in [0.717, 1.165) is 16.0 Å². The van der Waals surface area contributed by atoms with E-state index in [1.807, 2.05) is 48.5 Å². The molecule has 0 fully saturated rings. The van der Waals surface area contributed by atoms with Crippen molar-refractivity contribution in [1.82, 2.24) is 5.32 Å². The van der Waals surface area contributed by atoms with Crippen molar-refractivity contribution < 1.29 is 19.2 Å². The van der Waals surface area contributed by atoms with Crippen molar-refractivity contribution in [2.75, 3.05) is 13.7 Å². The van der Waals surface area contributed by atoms with Crippen LogP contribution in [0.3, 0.4) is 0 Å². The van der Waals surface area contributed by atoms with E-state index in [-0.39, 0.29) is 24.5 Å². The molecule has 0 bridgehead atoms. The fourth-order valence-corrected chi connectivity index (χ4v) is 3.30. The van der Waals surface area contributed by atoms with Crippen LogP contribution in [0.4, 0.5) is 0 Å². The Hall–Kier alpha value is -2.66. The Morgan fingerprint density at radius 2 is 1.76 bits per heavy atom. The van der Waals surface area contributed by atoms with Gasteiger partial charge in [0, 0.05) is 18.5 Å². The quantitative estimate of drug-likeness (QED) is 0.780. The Labute approximate surface area is 147 Å². The zero-order chi connectivity index (χ0) is 17.6. The Bertz CT molecular complexity index is 746. The SMILES string of the molecule is COC(=O)[C@@H]1Cc2ccccc2C[NH+]1CC(=O)NCc1ccccc1. The summed E-state index contributed by atoms with van der Waals surface area (Å²) in [6.07, 6.45) is 0.601. The van der Waals surface area contributed by atoms with E-state index in [2.05, 4.69) is 11.4 Å². The number of benzene rings is 2. The maximum absolute atomic E-state index is 12.4. The van der Waals surface area contributed by atoms with Gasteiger partial charge >= 0.3 is 5.97 Å². The first-order chi connectivity index (χ1) is 12.2. The highest BCUT2D eigenvalue weighted by atomic mass is 16.5. The minimum Gasteiger partial charge on any atom is -0.465 e. The summed E-state index contributed by atoms with van der Waals surface area (Å²) in [5.74, 6) is -0.326. The van der Waals surface area contributed by atoms with Gasteiger partial charge in [0.1, 0.15) is 6.54 Å². The maximum Gasteiger partial charge on any atom is 0.365 e. The molecule has 1 heterocycles. The van der Waals surface area contributed by atoms with E-state index in [1.54, 1.807) is 0 Å². The molecule has 25 heavy (non-hydrogen) atoms. The van der Waals surface area contributed by atoms with Gasteiger partial charge in [-0.2, -0.15) is 0 Å². The van der Waals surface area contributed by atoms with Crippen molar-refractivity contribution in [2.45, 2.75) is 25.6 Å². The number of carbonyl (C=O) groups is 2. The molecule has 3 rings (SSSR count). The summed E-state index contributed by atoms with van der Waals surface area (Å²) in [5.41, 5.74) is 3.40. The highest BCUT2D eigenvalue weighted by molar-refractivity contribution is 5.78. The Kier molecular flexibility index (Phi) is 5.46. The van der Waals surface area contributed by atoms with Gasteiger partial charge in [0.25, 0.3) is 5.91 Å². The van der Waals surface area contributed by atoms with Crippen molar-refractivity contribution in [3.8, 4) is 0 Å². The number of nitrogens with one attached hydrogen (secondary N) is 2. The third kappa shape index (κ3) is 4.25. The predicted octanol–water partition coefficient (Wildman–Crippen LogP) is 0.486. The normalized spacial score (nSPS) is 18.9. The van der Waals surface area contributed by atoms with E-state index >= 15 is 0 Å². The summed E-state index contributed by atoms with van der Waals surface area (Å²) in [6.45, 7) is 1.39. The third-order valence-electron chi connectivity index (χ3n) is 4.66. The standard InChI is InChI=1S/C20H22N2O3/c1-25-20(24)18-11-16-9-5-6-10-17(16)13-22(18)14-19(23)21-12-15-7-3-2-4-8-15/h2-10,18H,11-14H2,1H3,(H,21,23)/p+1/t18-/m0/s1.